The SMILES string of the molecule is CC1(CNC(=O)c2ncn[nH]2)CC1. The lowest BCUT2D eigenvalue weighted by Crippen LogP contribution is -2.29. The summed E-state index contributed by atoms with van der Waals surface area (Å²) in [5, 5.41) is 8.94. The summed E-state index contributed by atoms with van der Waals surface area (Å²) in [6.45, 7) is 2.89. The highest BCUT2D eigenvalue weighted by Crippen LogP contribution is 2.43. The monoisotopic (exact) mass is 180 g/mol. The third-order valence-electron chi connectivity index (χ3n) is 2.41. The summed E-state index contributed by atoms with van der Waals surface area (Å²) < 4.78 is 0. The minimum Gasteiger partial charge on any atom is -0.349 e. The first-order valence-corrected chi connectivity index (χ1v) is 4.33. The number of aromatic amines is 1. The number of hydrogen-bond donors (Lipinski definition) is 2. The van der Waals surface area contributed by atoms with Crippen molar-refractivity contribution in [2.45, 2.75) is 19.8 Å². The van der Waals surface area contributed by atoms with Crippen molar-refractivity contribution in [3.8, 4) is 0 Å². The van der Waals surface area contributed by atoms with E-state index in [1.54, 1.807) is 0 Å². The van der Waals surface area contributed by atoms with Gasteiger partial charge < -0.3 is 5.32 Å². The van der Waals surface area contributed by atoms with Crippen molar-refractivity contribution < 1.29 is 4.79 Å². The maximum atomic E-state index is 11.3. The van der Waals surface area contributed by atoms with Crippen LogP contribution in [0.5, 0.6) is 0 Å². The highest BCUT2D eigenvalue weighted by atomic mass is 16.2. The lowest BCUT2D eigenvalue weighted by molar-refractivity contribution is 0.0936. The first kappa shape index (κ1) is 8.22. The summed E-state index contributed by atoms with van der Waals surface area (Å²) in [5.41, 5.74) is 0.329. The summed E-state index contributed by atoms with van der Waals surface area (Å²) in [5.74, 6) is 0.106. The zero-order valence-electron chi connectivity index (χ0n) is 7.50. The molecule has 2 rings (SSSR count). The van der Waals surface area contributed by atoms with Crippen LogP contribution in [-0.4, -0.2) is 27.6 Å². The van der Waals surface area contributed by atoms with Gasteiger partial charge in [-0.15, -0.1) is 0 Å². The average Bonchev–Trinajstić information content (AvgIpc) is 2.69. The van der Waals surface area contributed by atoms with Crippen LogP contribution in [-0.2, 0) is 0 Å². The molecule has 1 fully saturated rings. The van der Waals surface area contributed by atoms with E-state index >= 15 is 0 Å². The van der Waals surface area contributed by atoms with Gasteiger partial charge in [0.1, 0.15) is 6.33 Å². The number of hydrogen-bond acceptors (Lipinski definition) is 3. The maximum absolute atomic E-state index is 11.3. The highest BCUT2D eigenvalue weighted by Gasteiger charge is 2.37. The van der Waals surface area contributed by atoms with Gasteiger partial charge in [0.05, 0.1) is 0 Å². The van der Waals surface area contributed by atoms with Crippen molar-refractivity contribution in [1.29, 1.82) is 0 Å². The Balaban J connectivity index is 1.85. The van der Waals surface area contributed by atoms with E-state index in [1.807, 2.05) is 0 Å². The zero-order valence-corrected chi connectivity index (χ0v) is 7.50. The predicted octanol–water partition coefficient (Wildman–Crippen LogP) is 0.335. The summed E-state index contributed by atoms with van der Waals surface area (Å²) in [6.07, 6.45) is 3.72. The van der Waals surface area contributed by atoms with E-state index in [0.717, 1.165) is 6.54 Å². The van der Waals surface area contributed by atoms with Crippen molar-refractivity contribution in [2.24, 2.45) is 5.41 Å². The van der Waals surface area contributed by atoms with Crippen LogP contribution in [0.3, 0.4) is 0 Å². The highest BCUT2D eigenvalue weighted by molar-refractivity contribution is 5.90. The fourth-order valence-electron chi connectivity index (χ4n) is 1.08. The van der Waals surface area contributed by atoms with Crippen molar-refractivity contribution in [3.05, 3.63) is 12.2 Å². The molecule has 1 heterocycles. The number of rotatable bonds is 3. The Labute approximate surface area is 75.9 Å². The number of nitrogens with zero attached hydrogens (tertiary/aromatic N) is 2. The second-order valence-corrected chi connectivity index (χ2v) is 3.83. The molecular formula is C8H12N4O. The van der Waals surface area contributed by atoms with Gasteiger partial charge >= 0.3 is 0 Å². The molecule has 1 aromatic heterocycles. The van der Waals surface area contributed by atoms with Crippen molar-refractivity contribution in [2.75, 3.05) is 6.54 Å². The Morgan fingerprint density at radius 2 is 2.54 bits per heavy atom. The Morgan fingerprint density at radius 1 is 1.77 bits per heavy atom. The number of carbonyl (C=O) groups excluding carboxylic acids is 1. The van der Waals surface area contributed by atoms with Gasteiger partial charge in [0.25, 0.3) is 5.91 Å². The van der Waals surface area contributed by atoms with Gasteiger partial charge in [-0.3, -0.25) is 9.89 Å². The van der Waals surface area contributed by atoms with Gasteiger partial charge in [0.2, 0.25) is 5.82 Å². The first-order chi connectivity index (χ1) is 6.20. The molecule has 1 aromatic rings. The van der Waals surface area contributed by atoms with Crippen LogP contribution in [0.2, 0.25) is 0 Å². The smallest absolute Gasteiger partial charge is 0.288 e. The number of nitrogens with one attached hydrogen (secondary N) is 2. The molecule has 0 atom stereocenters. The molecule has 2 N–H and O–H groups in total. The normalized spacial score (nSPS) is 18.2. The van der Waals surface area contributed by atoms with Crippen LogP contribution >= 0.6 is 0 Å². The molecular weight excluding hydrogens is 168 g/mol. The number of amides is 1. The molecule has 13 heavy (non-hydrogen) atoms. The standard InChI is InChI=1S/C8H12N4O/c1-8(2-3-8)4-9-7(13)6-10-5-11-12-6/h5H,2-4H2,1H3,(H,9,13)(H,10,11,12). The number of H-pyrrole nitrogens is 1. The molecule has 0 saturated heterocycles. The van der Waals surface area contributed by atoms with Crippen molar-refractivity contribution >= 4 is 5.91 Å². The fourth-order valence-corrected chi connectivity index (χ4v) is 1.08. The lowest BCUT2D eigenvalue weighted by atomic mass is 10.1. The van der Waals surface area contributed by atoms with Crippen LogP contribution in [0.1, 0.15) is 30.4 Å². The second kappa shape index (κ2) is 2.83. The van der Waals surface area contributed by atoms with E-state index in [-0.39, 0.29) is 11.7 Å². The van der Waals surface area contributed by atoms with Crippen LogP contribution < -0.4 is 5.32 Å². The van der Waals surface area contributed by atoms with Gasteiger partial charge in [-0.05, 0) is 18.3 Å². The van der Waals surface area contributed by atoms with E-state index in [9.17, 15) is 4.79 Å². The topological polar surface area (TPSA) is 70.7 Å². The number of aromatic nitrogens is 3. The van der Waals surface area contributed by atoms with Crippen molar-refractivity contribution in [1.82, 2.24) is 20.5 Å². The molecule has 0 radical (unpaired) electrons. The Kier molecular flexibility index (Phi) is 1.79. The first-order valence-electron chi connectivity index (χ1n) is 4.33. The molecule has 0 aliphatic heterocycles. The largest absolute Gasteiger partial charge is 0.349 e. The lowest BCUT2D eigenvalue weighted by Gasteiger charge is -2.07. The molecule has 0 unspecified atom stereocenters. The molecule has 5 nitrogen and oxygen atoms in total. The minimum atomic E-state index is -0.175. The molecule has 1 aliphatic rings. The minimum absolute atomic E-state index is 0.175. The van der Waals surface area contributed by atoms with Crippen LogP contribution in [0.4, 0.5) is 0 Å². The Bertz CT molecular complexity index is 302. The van der Waals surface area contributed by atoms with E-state index < -0.39 is 0 Å². The van der Waals surface area contributed by atoms with Crippen LogP contribution in [0, 0.1) is 5.41 Å². The summed E-state index contributed by atoms with van der Waals surface area (Å²) in [7, 11) is 0. The molecule has 0 spiro atoms. The van der Waals surface area contributed by atoms with Crippen molar-refractivity contribution in [3.63, 3.8) is 0 Å². The third-order valence-corrected chi connectivity index (χ3v) is 2.41. The number of carbonyl (C=O) groups is 1. The van der Waals surface area contributed by atoms with Gasteiger partial charge in [-0.2, -0.15) is 5.10 Å². The van der Waals surface area contributed by atoms with E-state index in [2.05, 4.69) is 27.4 Å². The predicted molar refractivity (Wildman–Crippen MR) is 46.1 cm³/mol. The third kappa shape index (κ3) is 1.85. The Hall–Kier alpha value is -1.39. The second-order valence-electron chi connectivity index (χ2n) is 3.83. The molecule has 1 amide bonds. The van der Waals surface area contributed by atoms with Gasteiger partial charge in [0, 0.05) is 6.54 Å². The maximum Gasteiger partial charge on any atom is 0.288 e. The molecule has 1 aliphatic carbocycles. The molecule has 70 valence electrons. The quantitative estimate of drug-likeness (QED) is 0.704. The van der Waals surface area contributed by atoms with E-state index in [0.29, 0.717) is 5.41 Å². The molecule has 5 heteroatoms. The molecule has 0 aromatic carbocycles. The van der Waals surface area contributed by atoms with Gasteiger partial charge in [0.15, 0.2) is 0 Å². The summed E-state index contributed by atoms with van der Waals surface area (Å²) >= 11 is 0. The van der Waals surface area contributed by atoms with E-state index in [1.165, 1.54) is 19.2 Å². The van der Waals surface area contributed by atoms with Crippen LogP contribution in [0.15, 0.2) is 6.33 Å². The average molecular weight is 180 g/mol. The summed E-state index contributed by atoms with van der Waals surface area (Å²) in [6, 6.07) is 0. The van der Waals surface area contributed by atoms with Gasteiger partial charge in [-0.25, -0.2) is 4.98 Å². The van der Waals surface area contributed by atoms with E-state index in [4.69, 9.17) is 0 Å². The fraction of sp³-hybridized carbons (Fsp3) is 0.625. The molecule has 1 saturated carbocycles. The van der Waals surface area contributed by atoms with Crippen LogP contribution in [0.25, 0.3) is 0 Å². The van der Waals surface area contributed by atoms with Gasteiger partial charge in [-0.1, -0.05) is 6.92 Å². The Morgan fingerprint density at radius 3 is 3.08 bits per heavy atom. The summed E-state index contributed by atoms with van der Waals surface area (Å²) in [4.78, 5) is 15.1. The molecule has 0 bridgehead atoms. The zero-order chi connectivity index (χ0) is 9.31.